The number of hydroxylamine groups is 1. The van der Waals surface area contributed by atoms with E-state index in [0.717, 1.165) is 24.0 Å². The first-order chi connectivity index (χ1) is 17.3. The molecule has 1 aliphatic heterocycles. The molecule has 1 aliphatic rings. The van der Waals surface area contributed by atoms with Gasteiger partial charge in [0.1, 0.15) is 17.5 Å². The molecule has 0 saturated carbocycles. The van der Waals surface area contributed by atoms with Gasteiger partial charge in [-0.05, 0) is 59.9 Å². The highest BCUT2D eigenvalue weighted by Crippen LogP contribution is 2.31. The van der Waals surface area contributed by atoms with E-state index in [0.29, 0.717) is 23.6 Å². The third-order valence-corrected chi connectivity index (χ3v) is 6.47. The number of anilines is 1. The average Bonchev–Trinajstić information content (AvgIpc) is 2.89. The van der Waals surface area contributed by atoms with Crippen LogP contribution >= 0.6 is 0 Å². The molecule has 9 nitrogen and oxygen atoms in total. The lowest BCUT2D eigenvalue weighted by Crippen LogP contribution is -2.53. The standard InChI is InChI=1S/C27H35N3O6/c1-5-6-23(17(2)3)27(33)30-15-19-13-22(36-16-25(31)29-34)10-7-18(19)14-24(30)26(32)28-20-8-11-21(35-4)12-9-20/h7-13,17,23-24,34H,5-6,14-16H2,1-4H3,(H,28,32)(H,29,31)/t23-,24-/m0/s1. The summed E-state index contributed by atoms with van der Waals surface area (Å²) in [5.74, 6) is 0.108. The molecular formula is C27H35N3O6. The van der Waals surface area contributed by atoms with Crippen LogP contribution in [-0.4, -0.2) is 47.6 Å². The van der Waals surface area contributed by atoms with Gasteiger partial charge in [0.05, 0.1) is 7.11 Å². The Morgan fingerprint density at radius 3 is 2.39 bits per heavy atom. The minimum absolute atomic E-state index is 0.0432. The van der Waals surface area contributed by atoms with Crippen molar-refractivity contribution in [2.45, 2.75) is 52.6 Å². The Labute approximate surface area is 211 Å². The van der Waals surface area contributed by atoms with Crippen molar-refractivity contribution in [2.75, 3.05) is 19.0 Å². The van der Waals surface area contributed by atoms with Crippen molar-refractivity contribution >= 4 is 23.4 Å². The van der Waals surface area contributed by atoms with Crippen molar-refractivity contribution in [3.8, 4) is 11.5 Å². The van der Waals surface area contributed by atoms with Crippen molar-refractivity contribution in [2.24, 2.45) is 11.8 Å². The molecule has 0 aliphatic carbocycles. The van der Waals surface area contributed by atoms with E-state index in [4.69, 9.17) is 14.7 Å². The SMILES string of the molecule is CCC[C@H](C(=O)N1Cc2cc(OCC(=O)NO)ccc2C[C@H]1C(=O)Nc1ccc(OC)cc1)C(C)C. The first-order valence-corrected chi connectivity index (χ1v) is 12.2. The topological polar surface area (TPSA) is 117 Å². The molecule has 3 rings (SSSR count). The predicted molar refractivity (Wildman–Crippen MR) is 135 cm³/mol. The molecule has 0 radical (unpaired) electrons. The number of methoxy groups -OCH3 is 1. The fraction of sp³-hybridized carbons (Fsp3) is 0.444. The number of hydrogen-bond donors (Lipinski definition) is 3. The molecule has 2 atom stereocenters. The molecule has 0 fully saturated rings. The Bertz CT molecular complexity index is 1070. The summed E-state index contributed by atoms with van der Waals surface area (Å²) in [6.45, 7) is 6.03. The number of carbonyl (C=O) groups excluding carboxylic acids is 3. The fourth-order valence-electron chi connectivity index (χ4n) is 4.46. The van der Waals surface area contributed by atoms with E-state index in [1.165, 1.54) is 5.48 Å². The highest BCUT2D eigenvalue weighted by Gasteiger charge is 2.38. The Morgan fingerprint density at radius 1 is 1.08 bits per heavy atom. The van der Waals surface area contributed by atoms with E-state index in [1.807, 2.05) is 26.8 Å². The van der Waals surface area contributed by atoms with Crippen molar-refractivity contribution in [3.63, 3.8) is 0 Å². The van der Waals surface area contributed by atoms with Gasteiger partial charge in [0, 0.05) is 24.6 Å². The zero-order valence-electron chi connectivity index (χ0n) is 21.2. The lowest BCUT2D eigenvalue weighted by atomic mass is 9.86. The molecule has 3 amide bonds. The van der Waals surface area contributed by atoms with E-state index < -0.39 is 11.9 Å². The monoisotopic (exact) mass is 497 g/mol. The second kappa shape index (κ2) is 12.4. The van der Waals surface area contributed by atoms with Crippen molar-refractivity contribution in [1.29, 1.82) is 0 Å². The highest BCUT2D eigenvalue weighted by molar-refractivity contribution is 5.98. The molecule has 0 saturated heterocycles. The van der Waals surface area contributed by atoms with E-state index in [2.05, 4.69) is 5.32 Å². The number of nitrogens with zero attached hydrogens (tertiary/aromatic N) is 1. The summed E-state index contributed by atoms with van der Waals surface area (Å²) >= 11 is 0. The summed E-state index contributed by atoms with van der Waals surface area (Å²) in [5, 5.41) is 11.6. The van der Waals surface area contributed by atoms with Crippen molar-refractivity contribution in [3.05, 3.63) is 53.6 Å². The fourth-order valence-corrected chi connectivity index (χ4v) is 4.46. The molecule has 0 unspecified atom stereocenters. The Kier molecular flexibility index (Phi) is 9.30. The normalized spacial score (nSPS) is 15.6. The summed E-state index contributed by atoms with van der Waals surface area (Å²) in [7, 11) is 1.58. The summed E-state index contributed by atoms with van der Waals surface area (Å²) in [4.78, 5) is 40.2. The number of nitrogens with one attached hydrogen (secondary N) is 2. The van der Waals surface area contributed by atoms with Crippen LogP contribution in [0, 0.1) is 11.8 Å². The minimum Gasteiger partial charge on any atom is -0.497 e. The van der Waals surface area contributed by atoms with Gasteiger partial charge < -0.3 is 19.7 Å². The molecular weight excluding hydrogens is 462 g/mol. The number of ether oxygens (including phenoxy) is 2. The van der Waals surface area contributed by atoms with E-state index >= 15 is 0 Å². The van der Waals surface area contributed by atoms with Crippen LogP contribution in [-0.2, 0) is 27.3 Å². The van der Waals surface area contributed by atoms with E-state index in [9.17, 15) is 14.4 Å². The van der Waals surface area contributed by atoms with Crippen LogP contribution in [0.2, 0.25) is 0 Å². The quantitative estimate of drug-likeness (QED) is 0.341. The molecule has 3 N–H and O–H groups in total. The molecule has 2 aromatic carbocycles. The third-order valence-electron chi connectivity index (χ3n) is 6.47. The molecule has 36 heavy (non-hydrogen) atoms. The van der Waals surface area contributed by atoms with Gasteiger partial charge in [0.15, 0.2) is 6.61 Å². The first kappa shape index (κ1) is 27.0. The maximum absolute atomic E-state index is 13.7. The minimum atomic E-state index is -0.669. The maximum atomic E-state index is 13.7. The molecule has 0 spiro atoms. The largest absolute Gasteiger partial charge is 0.497 e. The highest BCUT2D eigenvalue weighted by atomic mass is 16.5. The number of hydrogen-bond acceptors (Lipinski definition) is 6. The van der Waals surface area contributed by atoms with Gasteiger partial charge in [0.25, 0.3) is 5.91 Å². The van der Waals surface area contributed by atoms with Gasteiger partial charge in [-0.3, -0.25) is 19.6 Å². The maximum Gasteiger partial charge on any atom is 0.281 e. The van der Waals surface area contributed by atoms with Crippen LogP contribution in [0.1, 0.15) is 44.7 Å². The number of carbonyl (C=O) groups is 3. The predicted octanol–water partition coefficient (Wildman–Crippen LogP) is 3.54. The van der Waals surface area contributed by atoms with E-state index in [1.54, 1.807) is 48.4 Å². The van der Waals surface area contributed by atoms with Gasteiger partial charge in [0.2, 0.25) is 11.8 Å². The van der Waals surface area contributed by atoms with Crippen LogP contribution in [0.4, 0.5) is 5.69 Å². The third kappa shape index (κ3) is 6.54. The average molecular weight is 498 g/mol. The van der Waals surface area contributed by atoms with Gasteiger partial charge >= 0.3 is 0 Å². The summed E-state index contributed by atoms with van der Waals surface area (Å²) < 4.78 is 10.6. The Hall–Kier alpha value is -3.59. The lowest BCUT2D eigenvalue weighted by molar-refractivity contribution is -0.145. The van der Waals surface area contributed by atoms with Gasteiger partial charge in [-0.25, -0.2) is 5.48 Å². The lowest BCUT2D eigenvalue weighted by Gasteiger charge is -2.39. The molecule has 0 bridgehead atoms. The first-order valence-electron chi connectivity index (χ1n) is 12.2. The van der Waals surface area contributed by atoms with Gasteiger partial charge in [-0.1, -0.05) is 33.3 Å². The number of benzene rings is 2. The molecule has 194 valence electrons. The molecule has 9 heteroatoms. The second-order valence-corrected chi connectivity index (χ2v) is 9.30. The smallest absolute Gasteiger partial charge is 0.281 e. The zero-order valence-corrected chi connectivity index (χ0v) is 21.2. The summed E-state index contributed by atoms with van der Waals surface area (Å²) in [6, 6.07) is 11.7. The number of amides is 3. The Balaban J connectivity index is 1.89. The summed E-state index contributed by atoms with van der Waals surface area (Å²) in [6.07, 6.45) is 1.97. The van der Waals surface area contributed by atoms with Gasteiger partial charge in [-0.2, -0.15) is 0 Å². The number of rotatable bonds is 10. The molecule has 0 aromatic heterocycles. The Morgan fingerprint density at radius 2 is 1.78 bits per heavy atom. The van der Waals surface area contributed by atoms with Crippen LogP contribution in [0.15, 0.2) is 42.5 Å². The number of fused-ring (bicyclic) bond motifs is 1. The zero-order chi connectivity index (χ0) is 26.2. The van der Waals surface area contributed by atoms with Gasteiger partial charge in [-0.15, -0.1) is 0 Å². The molecule has 2 aromatic rings. The van der Waals surface area contributed by atoms with Crippen LogP contribution < -0.4 is 20.3 Å². The van der Waals surface area contributed by atoms with Crippen LogP contribution in [0.5, 0.6) is 11.5 Å². The van der Waals surface area contributed by atoms with Crippen molar-refractivity contribution < 1.29 is 29.1 Å². The van der Waals surface area contributed by atoms with Crippen LogP contribution in [0.3, 0.4) is 0 Å². The molecule has 1 heterocycles. The second-order valence-electron chi connectivity index (χ2n) is 9.30. The van der Waals surface area contributed by atoms with E-state index in [-0.39, 0.29) is 36.8 Å². The van der Waals surface area contributed by atoms with Crippen molar-refractivity contribution in [1.82, 2.24) is 10.4 Å². The summed E-state index contributed by atoms with van der Waals surface area (Å²) in [5.41, 5.74) is 3.95. The van der Waals surface area contributed by atoms with Crippen LogP contribution in [0.25, 0.3) is 0 Å².